The van der Waals surface area contributed by atoms with Gasteiger partial charge in [-0.15, -0.1) is 0 Å². The van der Waals surface area contributed by atoms with Gasteiger partial charge in [-0.1, -0.05) is 12.1 Å². The van der Waals surface area contributed by atoms with E-state index in [1.807, 2.05) is 0 Å². The smallest absolute Gasteiger partial charge is 0.254 e. The first-order valence-electron chi connectivity index (χ1n) is 6.48. The largest absolute Gasteiger partial charge is 0.495 e. The first-order chi connectivity index (χ1) is 10.0. The van der Waals surface area contributed by atoms with Crippen molar-refractivity contribution >= 4 is 11.6 Å². The van der Waals surface area contributed by atoms with Crippen LogP contribution >= 0.6 is 0 Å². The second-order valence-corrected chi connectivity index (χ2v) is 4.74. The molecule has 5 heteroatoms. The molecule has 2 rings (SSSR count). The topological polar surface area (TPSA) is 64.3 Å². The molecule has 110 valence electrons. The van der Waals surface area contributed by atoms with E-state index in [2.05, 4.69) is 5.32 Å². The highest BCUT2D eigenvalue weighted by molar-refractivity contribution is 5.94. The second kappa shape index (κ2) is 6.26. The minimum absolute atomic E-state index is 0.0297. The number of amides is 1. The number of aryl methyl sites for hydroxylation is 1. The van der Waals surface area contributed by atoms with Gasteiger partial charge in [-0.3, -0.25) is 4.79 Å². The van der Waals surface area contributed by atoms with Crippen LogP contribution in [0.1, 0.15) is 21.5 Å². The Bertz CT molecular complexity index is 671. The third-order valence-electron chi connectivity index (χ3n) is 3.12. The molecular formula is C16H17FN2O2. The van der Waals surface area contributed by atoms with Crippen LogP contribution in [0.15, 0.2) is 36.4 Å². The zero-order chi connectivity index (χ0) is 15.4. The number of nitrogen functional groups attached to an aromatic ring is 1. The minimum Gasteiger partial charge on any atom is -0.495 e. The normalized spacial score (nSPS) is 10.2. The van der Waals surface area contributed by atoms with Crippen LogP contribution in [0.25, 0.3) is 0 Å². The van der Waals surface area contributed by atoms with Crippen molar-refractivity contribution < 1.29 is 13.9 Å². The van der Waals surface area contributed by atoms with Gasteiger partial charge >= 0.3 is 0 Å². The molecule has 0 radical (unpaired) electrons. The van der Waals surface area contributed by atoms with E-state index in [9.17, 15) is 9.18 Å². The van der Waals surface area contributed by atoms with Gasteiger partial charge in [-0.05, 0) is 42.3 Å². The van der Waals surface area contributed by atoms with Crippen molar-refractivity contribution in [2.45, 2.75) is 13.5 Å². The maximum absolute atomic E-state index is 13.7. The van der Waals surface area contributed by atoms with E-state index in [0.717, 1.165) is 11.1 Å². The van der Waals surface area contributed by atoms with Crippen LogP contribution < -0.4 is 15.8 Å². The first kappa shape index (κ1) is 14.8. The van der Waals surface area contributed by atoms with Crippen LogP contribution in [0.3, 0.4) is 0 Å². The van der Waals surface area contributed by atoms with Gasteiger partial charge in [0.05, 0.1) is 18.4 Å². The summed E-state index contributed by atoms with van der Waals surface area (Å²) in [5, 5.41) is 2.66. The molecule has 3 N–H and O–H groups in total. The van der Waals surface area contributed by atoms with Crippen molar-refractivity contribution in [2.75, 3.05) is 12.8 Å². The number of hydrogen-bond donors (Lipinski definition) is 2. The predicted molar refractivity (Wildman–Crippen MR) is 79.7 cm³/mol. The summed E-state index contributed by atoms with van der Waals surface area (Å²) in [4.78, 5) is 12.0. The minimum atomic E-state index is -0.526. The number of hydrogen-bond acceptors (Lipinski definition) is 3. The number of ether oxygens (including phenoxy) is 1. The van der Waals surface area contributed by atoms with Crippen molar-refractivity contribution in [3.8, 4) is 5.75 Å². The highest BCUT2D eigenvalue weighted by Crippen LogP contribution is 2.21. The summed E-state index contributed by atoms with van der Waals surface area (Å²) in [5.74, 6) is -0.404. The third kappa shape index (κ3) is 3.51. The summed E-state index contributed by atoms with van der Waals surface area (Å²) in [6.45, 7) is 2.03. The van der Waals surface area contributed by atoms with E-state index in [1.165, 1.54) is 19.2 Å². The number of anilines is 1. The molecule has 0 unspecified atom stereocenters. The van der Waals surface area contributed by atoms with Gasteiger partial charge in [0.2, 0.25) is 0 Å². The SMILES string of the molecule is COc1ccc(CNC(=O)c2ccc(C)cc2F)cc1N. The monoisotopic (exact) mass is 288 g/mol. The van der Waals surface area contributed by atoms with Gasteiger partial charge in [0.15, 0.2) is 0 Å². The van der Waals surface area contributed by atoms with Crippen LogP contribution in [0.4, 0.5) is 10.1 Å². The Morgan fingerprint density at radius 2 is 2.05 bits per heavy atom. The third-order valence-corrected chi connectivity index (χ3v) is 3.12. The first-order valence-corrected chi connectivity index (χ1v) is 6.48. The molecule has 0 saturated carbocycles. The molecule has 21 heavy (non-hydrogen) atoms. The van der Waals surface area contributed by atoms with Gasteiger partial charge in [0.25, 0.3) is 5.91 Å². The summed E-state index contributed by atoms with van der Waals surface area (Å²) < 4.78 is 18.8. The van der Waals surface area contributed by atoms with Gasteiger partial charge < -0.3 is 15.8 Å². The number of halogens is 1. The molecule has 0 saturated heterocycles. The summed E-state index contributed by atoms with van der Waals surface area (Å²) in [5.41, 5.74) is 7.90. The molecule has 0 atom stereocenters. The molecule has 0 spiro atoms. The number of nitrogens with two attached hydrogens (primary N) is 1. The summed E-state index contributed by atoms with van der Waals surface area (Å²) >= 11 is 0. The Morgan fingerprint density at radius 1 is 1.29 bits per heavy atom. The van der Waals surface area contributed by atoms with E-state index < -0.39 is 11.7 Å². The fourth-order valence-electron chi connectivity index (χ4n) is 1.98. The van der Waals surface area contributed by atoms with Crippen molar-refractivity contribution in [3.63, 3.8) is 0 Å². The lowest BCUT2D eigenvalue weighted by Gasteiger charge is -2.09. The molecule has 0 fully saturated rings. The lowest BCUT2D eigenvalue weighted by molar-refractivity contribution is 0.0947. The van der Waals surface area contributed by atoms with E-state index in [4.69, 9.17) is 10.5 Å². The fraction of sp³-hybridized carbons (Fsp3) is 0.188. The number of methoxy groups -OCH3 is 1. The maximum atomic E-state index is 13.7. The fourth-order valence-corrected chi connectivity index (χ4v) is 1.98. The number of carbonyl (C=O) groups is 1. The van der Waals surface area contributed by atoms with Crippen molar-refractivity contribution in [1.29, 1.82) is 0 Å². The molecule has 0 aliphatic carbocycles. The van der Waals surface area contributed by atoms with E-state index >= 15 is 0 Å². The van der Waals surface area contributed by atoms with Gasteiger partial charge in [0, 0.05) is 6.54 Å². The van der Waals surface area contributed by atoms with Crippen molar-refractivity contribution in [2.24, 2.45) is 0 Å². The average Bonchev–Trinajstić information content (AvgIpc) is 2.45. The Morgan fingerprint density at radius 3 is 2.67 bits per heavy atom. The summed E-state index contributed by atoms with van der Waals surface area (Å²) in [6, 6.07) is 9.74. The summed E-state index contributed by atoms with van der Waals surface area (Å²) in [7, 11) is 1.54. The molecule has 2 aromatic carbocycles. The second-order valence-electron chi connectivity index (χ2n) is 4.74. The van der Waals surface area contributed by atoms with Gasteiger partial charge in [0.1, 0.15) is 11.6 Å². The lowest BCUT2D eigenvalue weighted by Crippen LogP contribution is -2.23. The van der Waals surface area contributed by atoms with E-state index in [0.29, 0.717) is 11.4 Å². The predicted octanol–water partition coefficient (Wildman–Crippen LogP) is 2.65. The standard InChI is InChI=1S/C16H17FN2O2/c1-10-3-5-12(13(17)7-10)16(20)19-9-11-4-6-15(21-2)14(18)8-11/h3-8H,9,18H2,1-2H3,(H,19,20). The zero-order valence-electron chi connectivity index (χ0n) is 11.9. The van der Waals surface area contributed by atoms with Crippen molar-refractivity contribution in [3.05, 3.63) is 58.9 Å². The molecule has 1 amide bonds. The Labute approximate surface area is 122 Å². The highest BCUT2D eigenvalue weighted by atomic mass is 19.1. The maximum Gasteiger partial charge on any atom is 0.254 e. The molecule has 4 nitrogen and oxygen atoms in total. The van der Waals surface area contributed by atoms with Crippen LogP contribution in [-0.4, -0.2) is 13.0 Å². The Kier molecular flexibility index (Phi) is 4.42. The Hall–Kier alpha value is -2.56. The number of nitrogens with one attached hydrogen (secondary N) is 1. The molecular weight excluding hydrogens is 271 g/mol. The van der Waals surface area contributed by atoms with Crippen molar-refractivity contribution in [1.82, 2.24) is 5.32 Å². The van der Waals surface area contributed by atoms with Crippen LogP contribution in [0, 0.1) is 12.7 Å². The van der Waals surface area contributed by atoms with E-state index in [-0.39, 0.29) is 12.1 Å². The van der Waals surface area contributed by atoms with Crippen LogP contribution in [-0.2, 0) is 6.54 Å². The van der Waals surface area contributed by atoms with E-state index in [1.54, 1.807) is 31.2 Å². The molecule has 0 aliphatic heterocycles. The number of rotatable bonds is 4. The molecule has 0 heterocycles. The number of benzene rings is 2. The van der Waals surface area contributed by atoms with Crippen LogP contribution in [0.2, 0.25) is 0 Å². The quantitative estimate of drug-likeness (QED) is 0.850. The molecule has 0 aliphatic rings. The zero-order valence-corrected chi connectivity index (χ0v) is 11.9. The average molecular weight is 288 g/mol. The number of carbonyl (C=O) groups excluding carboxylic acids is 1. The molecule has 2 aromatic rings. The molecule has 0 bridgehead atoms. The van der Waals surface area contributed by atoms with Crippen LogP contribution in [0.5, 0.6) is 5.75 Å². The highest BCUT2D eigenvalue weighted by Gasteiger charge is 2.11. The Balaban J connectivity index is 2.05. The summed E-state index contributed by atoms with van der Waals surface area (Å²) in [6.07, 6.45) is 0. The molecule has 0 aromatic heterocycles. The van der Waals surface area contributed by atoms with Gasteiger partial charge in [-0.2, -0.15) is 0 Å². The van der Waals surface area contributed by atoms with Gasteiger partial charge in [-0.25, -0.2) is 4.39 Å². The lowest BCUT2D eigenvalue weighted by atomic mass is 10.1.